The van der Waals surface area contributed by atoms with Crippen LogP contribution in [0.5, 0.6) is 0 Å². The van der Waals surface area contributed by atoms with Gasteiger partial charge in [-0.1, -0.05) is 31.9 Å². The lowest BCUT2D eigenvalue weighted by atomic mass is 9.95. The van der Waals surface area contributed by atoms with Gasteiger partial charge >= 0.3 is 12.0 Å². The minimum Gasteiger partial charge on any atom is -0.478 e. The van der Waals surface area contributed by atoms with Crippen molar-refractivity contribution in [3.63, 3.8) is 0 Å². The molecule has 21 heavy (non-hydrogen) atoms. The number of benzene rings is 1. The summed E-state index contributed by atoms with van der Waals surface area (Å²) in [4.78, 5) is 25.0. The molecule has 0 fully saturated rings. The summed E-state index contributed by atoms with van der Waals surface area (Å²) in [6.07, 6.45) is 3.84. The molecular formula is C16H22N2O3. The number of amides is 2. The van der Waals surface area contributed by atoms with E-state index in [1.807, 2.05) is 6.07 Å². The quantitative estimate of drug-likeness (QED) is 0.819. The first-order chi connectivity index (χ1) is 10.1. The predicted octanol–water partition coefficient (Wildman–Crippen LogP) is 2.64. The van der Waals surface area contributed by atoms with Gasteiger partial charge in [-0.15, -0.1) is 0 Å². The van der Waals surface area contributed by atoms with Gasteiger partial charge in [0.05, 0.1) is 5.56 Å². The second-order valence-electron chi connectivity index (χ2n) is 5.36. The van der Waals surface area contributed by atoms with Gasteiger partial charge in [0.2, 0.25) is 0 Å². The van der Waals surface area contributed by atoms with Gasteiger partial charge in [-0.2, -0.15) is 0 Å². The summed E-state index contributed by atoms with van der Waals surface area (Å²) in [5.74, 6) is -0.899. The van der Waals surface area contributed by atoms with Crippen molar-refractivity contribution in [2.45, 2.75) is 39.2 Å². The molecule has 5 nitrogen and oxygen atoms in total. The van der Waals surface area contributed by atoms with Crippen molar-refractivity contribution in [2.75, 3.05) is 13.1 Å². The highest BCUT2D eigenvalue weighted by Gasteiger charge is 2.23. The maximum atomic E-state index is 12.1. The van der Waals surface area contributed by atoms with Gasteiger partial charge in [0.15, 0.2) is 0 Å². The van der Waals surface area contributed by atoms with E-state index in [9.17, 15) is 14.7 Å². The Balaban J connectivity index is 1.98. The van der Waals surface area contributed by atoms with E-state index in [0.717, 1.165) is 30.4 Å². The van der Waals surface area contributed by atoms with Gasteiger partial charge in [0.25, 0.3) is 0 Å². The van der Waals surface area contributed by atoms with Gasteiger partial charge in [0, 0.05) is 19.6 Å². The first kappa shape index (κ1) is 15.4. The van der Waals surface area contributed by atoms with Crippen LogP contribution >= 0.6 is 0 Å². The fourth-order valence-electron chi connectivity index (χ4n) is 2.67. The van der Waals surface area contributed by atoms with Crippen molar-refractivity contribution in [2.24, 2.45) is 0 Å². The number of hydrogen-bond donors (Lipinski definition) is 2. The average molecular weight is 290 g/mol. The third-order valence-corrected chi connectivity index (χ3v) is 3.84. The molecule has 2 rings (SSSR count). The molecule has 0 aliphatic carbocycles. The molecule has 0 atom stereocenters. The second-order valence-corrected chi connectivity index (χ2v) is 5.36. The summed E-state index contributed by atoms with van der Waals surface area (Å²) in [5, 5.41) is 12.1. The van der Waals surface area contributed by atoms with Crippen LogP contribution in [0.4, 0.5) is 4.79 Å². The van der Waals surface area contributed by atoms with E-state index in [2.05, 4.69) is 12.2 Å². The molecule has 1 aliphatic rings. The van der Waals surface area contributed by atoms with Crippen LogP contribution in [0, 0.1) is 0 Å². The highest BCUT2D eigenvalue weighted by atomic mass is 16.4. The van der Waals surface area contributed by atoms with Crippen LogP contribution in [-0.4, -0.2) is 35.1 Å². The molecule has 0 bridgehead atoms. The van der Waals surface area contributed by atoms with Crippen LogP contribution in [0.1, 0.15) is 47.7 Å². The number of urea groups is 1. The zero-order valence-electron chi connectivity index (χ0n) is 12.4. The van der Waals surface area contributed by atoms with E-state index < -0.39 is 5.97 Å². The first-order valence-electron chi connectivity index (χ1n) is 7.50. The fraction of sp³-hybridized carbons (Fsp3) is 0.500. The Morgan fingerprint density at radius 2 is 2.14 bits per heavy atom. The van der Waals surface area contributed by atoms with Crippen LogP contribution in [0.3, 0.4) is 0 Å². The van der Waals surface area contributed by atoms with Crippen molar-refractivity contribution in [1.82, 2.24) is 10.2 Å². The Morgan fingerprint density at radius 3 is 2.86 bits per heavy atom. The monoisotopic (exact) mass is 290 g/mol. The maximum Gasteiger partial charge on any atom is 0.335 e. The van der Waals surface area contributed by atoms with Crippen LogP contribution in [0.15, 0.2) is 18.2 Å². The predicted molar refractivity (Wildman–Crippen MR) is 80.4 cm³/mol. The number of carboxylic acid groups (broad SMARTS) is 1. The minimum atomic E-state index is -0.899. The molecular weight excluding hydrogens is 268 g/mol. The number of fused-ring (bicyclic) bond motifs is 1. The number of aromatic carboxylic acids is 1. The lowest BCUT2D eigenvalue weighted by molar-refractivity contribution is 0.0695. The number of hydrogen-bond acceptors (Lipinski definition) is 2. The zero-order chi connectivity index (χ0) is 15.2. The number of carboxylic acids is 1. The molecule has 0 spiro atoms. The van der Waals surface area contributed by atoms with Gasteiger partial charge in [-0.05, 0) is 30.0 Å². The first-order valence-corrected chi connectivity index (χ1v) is 7.50. The van der Waals surface area contributed by atoms with Gasteiger partial charge < -0.3 is 15.3 Å². The minimum absolute atomic E-state index is 0.0579. The van der Waals surface area contributed by atoms with Gasteiger partial charge in [-0.25, -0.2) is 9.59 Å². The molecule has 1 aliphatic heterocycles. The van der Waals surface area contributed by atoms with E-state index in [1.165, 1.54) is 0 Å². The fourth-order valence-corrected chi connectivity index (χ4v) is 2.67. The molecule has 1 heterocycles. The summed E-state index contributed by atoms with van der Waals surface area (Å²) in [5.41, 5.74) is 2.15. The van der Waals surface area contributed by atoms with Crippen molar-refractivity contribution in [3.05, 3.63) is 34.9 Å². The highest BCUT2D eigenvalue weighted by molar-refractivity contribution is 5.90. The largest absolute Gasteiger partial charge is 0.478 e. The zero-order valence-corrected chi connectivity index (χ0v) is 12.4. The third kappa shape index (κ3) is 3.74. The molecule has 0 aromatic heterocycles. The Hall–Kier alpha value is -2.04. The number of carbonyl (C=O) groups is 2. The van der Waals surface area contributed by atoms with E-state index in [4.69, 9.17) is 0 Å². The van der Waals surface area contributed by atoms with Crippen molar-refractivity contribution in [1.29, 1.82) is 0 Å². The number of carbonyl (C=O) groups excluding carboxylic acids is 1. The molecule has 0 saturated carbocycles. The lowest BCUT2D eigenvalue weighted by Crippen LogP contribution is -2.43. The summed E-state index contributed by atoms with van der Waals surface area (Å²) in [7, 11) is 0. The van der Waals surface area contributed by atoms with Gasteiger partial charge in [-0.3, -0.25) is 0 Å². The normalized spacial score (nSPS) is 13.7. The van der Waals surface area contributed by atoms with Crippen LogP contribution in [0.25, 0.3) is 0 Å². The summed E-state index contributed by atoms with van der Waals surface area (Å²) < 4.78 is 0. The topological polar surface area (TPSA) is 69.6 Å². The molecule has 0 radical (unpaired) electrons. The van der Waals surface area contributed by atoms with Crippen molar-refractivity contribution < 1.29 is 14.7 Å². The van der Waals surface area contributed by atoms with E-state index >= 15 is 0 Å². The Kier molecular flexibility index (Phi) is 5.20. The van der Waals surface area contributed by atoms with Crippen LogP contribution in [-0.2, 0) is 13.0 Å². The Labute approximate surface area is 125 Å². The summed E-state index contributed by atoms with van der Waals surface area (Å²) in [6, 6.07) is 5.21. The standard InChI is InChI=1S/C16H22N2O3/c1-2-3-4-9-17-16(21)18-10-8-13-12(11-18)6-5-7-14(13)15(19)20/h5-7H,2-4,8-11H2,1H3,(H,17,21)(H,19,20). The molecule has 0 unspecified atom stereocenters. The van der Waals surface area contributed by atoms with Crippen molar-refractivity contribution in [3.8, 4) is 0 Å². The van der Waals surface area contributed by atoms with E-state index in [-0.39, 0.29) is 6.03 Å². The number of nitrogens with zero attached hydrogens (tertiary/aromatic N) is 1. The number of rotatable bonds is 5. The average Bonchev–Trinajstić information content (AvgIpc) is 2.50. The van der Waals surface area contributed by atoms with Crippen molar-refractivity contribution >= 4 is 12.0 Å². The number of nitrogens with one attached hydrogen (secondary N) is 1. The Morgan fingerprint density at radius 1 is 1.33 bits per heavy atom. The highest BCUT2D eigenvalue weighted by Crippen LogP contribution is 2.22. The van der Waals surface area contributed by atoms with Gasteiger partial charge in [0.1, 0.15) is 0 Å². The molecule has 0 saturated heterocycles. The summed E-state index contributed by atoms with van der Waals surface area (Å²) >= 11 is 0. The second kappa shape index (κ2) is 7.11. The third-order valence-electron chi connectivity index (χ3n) is 3.84. The smallest absolute Gasteiger partial charge is 0.335 e. The van der Waals surface area contributed by atoms with E-state index in [0.29, 0.717) is 31.6 Å². The number of unbranched alkanes of at least 4 members (excludes halogenated alkanes) is 2. The lowest BCUT2D eigenvalue weighted by Gasteiger charge is -2.29. The molecule has 2 amide bonds. The summed E-state index contributed by atoms with van der Waals surface area (Å²) in [6.45, 7) is 3.88. The molecule has 114 valence electrons. The van der Waals surface area contributed by atoms with E-state index in [1.54, 1.807) is 17.0 Å². The van der Waals surface area contributed by atoms with Crippen LogP contribution in [0.2, 0.25) is 0 Å². The molecule has 5 heteroatoms. The molecule has 1 aromatic carbocycles. The molecule has 1 aromatic rings. The molecule has 2 N–H and O–H groups in total. The maximum absolute atomic E-state index is 12.1. The Bertz CT molecular complexity index is 528. The SMILES string of the molecule is CCCCCNC(=O)N1CCc2c(cccc2C(=O)O)C1. The van der Waals surface area contributed by atoms with Crippen LogP contribution < -0.4 is 5.32 Å².